The third kappa shape index (κ3) is 3.05. The lowest BCUT2D eigenvalue weighted by Crippen LogP contribution is -2.30. The molecule has 1 atom stereocenters. The predicted octanol–water partition coefficient (Wildman–Crippen LogP) is 4.55. The third-order valence-corrected chi connectivity index (χ3v) is 6.76. The largest absolute Gasteiger partial charge is 0.458 e. The summed E-state index contributed by atoms with van der Waals surface area (Å²) in [6.45, 7) is 2.89. The van der Waals surface area contributed by atoms with Crippen LogP contribution in [0.2, 0.25) is 5.28 Å². The molecular weight excluding hydrogens is 390 g/mol. The highest BCUT2D eigenvalue weighted by Crippen LogP contribution is 2.42. The number of rotatable bonds is 2. The molecule has 1 aromatic carbocycles. The molecule has 6 nitrogen and oxygen atoms in total. The molecule has 0 spiro atoms. The van der Waals surface area contributed by atoms with E-state index >= 15 is 0 Å². The fraction of sp³-hybridized carbons (Fsp3) is 0.500. The summed E-state index contributed by atoms with van der Waals surface area (Å²) in [6, 6.07) is 7.15. The van der Waals surface area contributed by atoms with Crippen LogP contribution in [0.25, 0.3) is 5.69 Å². The summed E-state index contributed by atoms with van der Waals surface area (Å²) in [6.07, 6.45) is 5.49. The van der Waals surface area contributed by atoms with Crippen LogP contribution in [0.3, 0.4) is 0 Å². The van der Waals surface area contributed by atoms with Crippen LogP contribution in [0.15, 0.2) is 24.3 Å². The lowest BCUT2D eigenvalue weighted by molar-refractivity contribution is 0.0164. The summed E-state index contributed by atoms with van der Waals surface area (Å²) >= 11 is 6.52. The molecule has 5 rings (SSSR count). The summed E-state index contributed by atoms with van der Waals surface area (Å²) in [5.74, 6) is 0.222. The molecular formula is C22H24ClN3O3. The van der Waals surface area contributed by atoms with Gasteiger partial charge in [-0.25, -0.2) is 9.78 Å². The summed E-state index contributed by atoms with van der Waals surface area (Å²) in [4.78, 5) is 32.5. The van der Waals surface area contributed by atoms with Gasteiger partial charge in [-0.2, -0.15) is 0 Å². The third-order valence-electron chi connectivity index (χ3n) is 6.51. The lowest BCUT2D eigenvalue weighted by atomic mass is 9.89. The monoisotopic (exact) mass is 413 g/mol. The Morgan fingerprint density at radius 2 is 1.93 bits per heavy atom. The van der Waals surface area contributed by atoms with Gasteiger partial charge in [0.15, 0.2) is 5.69 Å². The van der Waals surface area contributed by atoms with E-state index in [1.807, 2.05) is 23.1 Å². The molecule has 0 radical (unpaired) electrons. The van der Waals surface area contributed by atoms with Crippen LogP contribution in [0.4, 0.5) is 0 Å². The zero-order chi connectivity index (χ0) is 20.1. The number of carbonyl (C=O) groups is 2. The first-order chi connectivity index (χ1) is 14.0. The van der Waals surface area contributed by atoms with E-state index in [4.69, 9.17) is 16.3 Å². The first kappa shape index (κ1) is 18.7. The number of imidazole rings is 1. The number of fused-ring (bicyclic) bond motifs is 5. The normalized spacial score (nSPS) is 25.8. The van der Waals surface area contributed by atoms with Crippen molar-refractivity contribution in [1.82, 2.24) is 14.5 Å². The van der Waals surface area contributed by atoms with Gasteiger partial charge in [-0.3, -0.25) is 9.36 Å². The Bertz CT molecular complexity index is 978. The Kier molecular flexibility index (Phi) is 4.62. The fourth-order valence-corrected chi connectivity index (χ4v) is 5.21. The number of hydrogen-bond donors (Lipinski definition) is 0. The fourth-order valence-electron chi connectivity index (χ4n) is 4.94. The van der Waals surface area contributed by atoms with Gasteiger partial charge in [0.25, 0.3) is 5.91 Å². The van der Waals surface area contributed by atoms with Crippen LogP contribution in [0.1, 0.15) is 78.0 Å². The Morgan fingerprint density at radius 3 is 2.72 bits per heavy atom. The maximum absolute atomic E-state index is 13.2. The standard InChI is InChI=1S/C22H24ClN3O3/c1-13-8-10-14(11-9-13)29-21(28)18-19-17-7-4-12-25(17)20(27)15-5-2-3-6-16(15)26(19)22(23)24-18/h2-3,5-6,13-14,17H,4,7-12H2,1H3/t13?,14?,17-/m0/s1. The summed E-state index contributed by atoms with van der Waals surface area (Å²) in [7, 11) is 0. The topological polar surface area (TPSA) is 64.4 Å². The van der Waals surface area contributed by atoms with Crippen LogP contribution in [0.5, 0.6) is 0 Å². The molecule has 7 heteroatoms. The van der Waals surface area contributed by atoms with Gasteiger partial charge in [0.2, 0.25) is 5.28 Å². The van der Waals surface area contributed by atoms with Crippen molar-refractivity contribution in [2.24, 2.45) is 5.92 Å². The van der Waals surface area contributed by atoms with Crippen molar-refractivity contribution in [3.05, 3.63) is 46.5 Å². The minimum atomic E-state index is -0.432. The summed E-state index contributed by atoms with van der Waals surface area (Å²) < 4.78 is 7.60. The van der Waals surface area contributed by atoms with Crippen LogP contribution < -0.4 is 0 Å². The molecule has 0 N–H and O–H groups in total. The summed E-state index contributed by atoms with van der Waals surface area (Å²) in [5, 5.41) is 0.193. The SMILES string of the molecule is CC1CCC(OC(=O)c2nc(Cl)n3c2[C@@H]2CCCN2C(=O)c2ccccc2-3)CC1. The van der Waals surface area contributed by atoms with Crippen molar-refractivity contribution in [2.45, 2.75) is 57.6 Å². The number of aromatic nitrogens is 2. The number of para-hydroxylation sites is 1. The van der Waals surface area contributed by atoms with Crippen molar-refractivity contribution in [2.75, 3.05) is 6.54 Å². The molecule has 1 aromatic heterocycles. The second-order valence-corrected chi connectivity index (χ2v) is 8.75. The molecule has 3 aliphatic rings. The van der Waals surface area contributed by atoms with Crippen molar-refractivity contribution in [3.8, 4) is 5.69 Å². The van der Waals surface area contributed by atoms with E-state index in [1.54, 1.807) is 10.6 Å². The number of esters is 1. The molecule has 2 aromatic rings. The van der Waals surface area contributed by atoms with Crippen LogP contribution in [-0.4, -0.2) is 39.0 Å². The maximum Gasteiger partial charge on any atom is 0.359 e. The first-order valence-electron chi connectivity index (χ1n) is 10.4. The van der Waals surface area contributed by atoms with E-state index < -0.39 is 5.97 Å². The highest BCUT2D eigenvalue weighted by Gasteiger charge is 2.41. The zero-order valence-corrected chi connectivity index (χ0v) is 17.2. The van der Waals surface area contributed by atoms with Crippen molar-refractivity contribution < 1.29 is 14.3 Å². The maximum atomic E-state index is 13.2. The number of halogens is 1. The van der Waals surface area contributed by atoms with Gasteiger partial charge in [0.05, 0.1) is 23.0 Å². The molecule has 2 fully saturated rings. The number of amides is 1. The highest BCUT2D eigenvalue weighted by atomic mass is 35.5. The second-order valence-electron chi connectivity index (χ2n) is 8.41. The van der Waals surface area contributed by atoms with Crippen LogP contribution in [-0.2, 0) is 4.74 Å². The quantitative estimate of drug-likeness (QED) is 0.677. The first-order valence-corrected chi connectivity index (χ1v) is 10.8. The zero-order valence-electron chi connectivity index (χ0n) is 16.4. The Labute approximate surface area is 174 Å². The molecule has 2 aliphatic heterocycles. The van der Waals surface area contributed by atoms with Crippen LogP contribution in [0, 0.1) is 5.92 Å². The molecule has 3 heterocycles. The van der Waals surface area contributed by atoms with Crippen molar-refractivity contribution in [1.29, 1.82) is 0 Å². The predicted molar refractivity (Wildman–Crippen MR) is 108 cm³/mol. The van der Waals surface area contributed by atoms with Crippen molar-refractivity contribution in [3.63, 3.8) is 0 Å². The molecule has 1 amide bonds. The summed E-state index contributed by atoms with van der Waals surface area (Å²) in [5.41, 5.74) is 2.18. The van der Waals surface area contributed by atoms with E-state index in [1.165, 1.54) is 0 Å². The van der Waals surface area contributed by atoms with Gasteiger partial charge in [-0.15, -0.1) is 0 Å². The Morgan fingerprint density at radius 1 is 1.17 bits per heavy atom. The molecule has 152 valence electrons. The smallest absolute Gasteiger partial charge is 0.359 e. The lowest BCUT2D eigenvalue weighted by Gasteiger charge is -2.26. The molecule has 0 bridgehead atoms. The highest BCUT2D eigenvalue weighted by molar-refractivity contribution is 6.29. The Balaban J connectivity index is 1.57. The van der Waals surface area contributed by atoms with Gasteiger partial charge in [0.1, 0.15) is 6.10 Å². The van der Waals surface area contributed by atoms with Gasteiger partial charge in [-0.05, 0) is 68.2 Å². The number of benzene rings is 1. The second kappa shape index (κ2) is 7.17. The van der Waals surface area contributed by atoms with Crippen molar-refractivity contribution >= 4 is 23.5 Å². The van der Waals surface area contributed by atoms with Gasteiger partial charge >= 0.3 is 5.97 Å². The van der Waals surface area contributed by atoms with E-state index in [0.717, 1.165) is 38.5 Å². The average molecular weight is 414 g/mol. The molecule has 0 unspecified atom stereocenters. The molecule has 1 aliphatic carbocycles. The minimum Gasteiger partial charge on any atom is -0.458 e. The number of carbonyl (C=O) groups excluding carboxylic acids is 2. The number of nitrogens with zero attached hydrogens (tertiary/aromatic N) is 3. The minimum absolute atomic E-state index is 0.0246. The number of ether oxygens (including phenoxy) is 1. The number of hydrogen-bond acceptors (Lipinski definition) is 4. The Hall–Kier alpha value is -2.34. The van der Waals surface area contributed by atoms with E-state index in [2.05, 4.69) is 11.9 Å². The van der Waals surface area contributed by atoms with Crippen LogP contribution >= 0.6 is 11.6 Å². The average Bonchev–Trinajstić information content (AvgIpc) is 3.31. The van der Waals surface area contributed by atoms with E-state index in [9.17, 15) is 9.59 Å². The van der Waals surface area contributed by atoms with E-state index in [0.29, 0.717) is 29.4 Å². The van der Waals surface area contributed by atoms with Gasteiger partial charge in [0, 0.05) is 6.54 Å². The van der Waals surface area contributed by atoms with Gasteiger partial charge in [-0.1, -0.05) is 19.1 Å². The van der Waals surface area contributed by atoms with Gasteiger partial charge < -0.3 is 9.64 Å². The van der Waals surface area contributed by atoms with E-state index in [-0.39, 0.29) is 29.0 Å². The molecule has 1 saturated carbocycles. The molecule has 29 heavy (non-hydrogen) atoms. The molecule has 1 saturated heterocycles.